The second-order valence-corrected chi connectivity index (χ2v) is 6.44. The van der Waals surface area contributed by atoms with Crippen molar-refractivity contribution in [3.63, 3.8) is 0 Å². The Balaban J connectivity index is 2.31. The summed E-state index contributed by atoms with van der Waals surface area (Å²) in [5.41, 5.74) is 0.764. The monoisotopic (exact) mass is 320 g/mol. The Morgan fingerprint density at radius 3 is 2.09 bits per heavy atom. The molecule has 0 bridgehead atoms. The Bertz CT molecular complexity index is 637. The summed E-state index contributed by atoms with van der Waals surface area (Å²) < 4.78 is 0. The normalized spacial score (nSPS) is 17.3. The second-order valence-electron chi connectivity index (χ2n) is 6.44. The molecular weight excluding hydrogens is 296 g/mol. The zero-order valence-corrected chi connectivity index (χ0v) is 13.9. The molecule has 23 heavy (non-hydrogen) atoms. The van der Waals surface area contributed by atoms with Crippen molar-refractivity contribution in [3.05, 3.63) is 22.5 Å². The van der Waals surface area contributed by atoms with Gasteiger partial charge in [0.25, 0.3) is 5.91 Å². The summed E-state index contributed by atoms with van der Waals surface area (Å²) in [6, 6.07) is 0. The molecule has 1 aliphatic rings. The summed E-state index contributed by atoms with van der Waals surface area (Å²) in [5, 5.41) is 12.4. The molecule has 2 rings (SSSR count). The number of carboxylic acid groups (broad SMARTS) is 1. The highest BCUT2D eigenvalue weighted by molar-refractivity contribution is 6.03. The van der Waals surface area contributed by atoms with E-state index in [1.54, 1.807) is 13.8 Å². The van der Waals surface area contributed by atoms with Crippen molar-refractivity contribution in [3.8, 4) is 0 Å². The number of aryl methyl sites for hydroxylation is 1. The molecule has 0 atom stereocenters. The highest BCUT2D eigenvalue weighted by Crippen LogP contribution is 2.28. The first kappa shape index (κ1) is 17.2. The molecule has 1 heterocycles. The van der Waals surface area contributed by atoms with Gasteiger partial charge in [-0.2, -0.15) is 0 Å². The molecule has 0 aliphatic heterocycles. The topological polar surface area (TPSA) is 99.3 Å². The van der Waals surface area contributed by atoms with Gasteiger partial charge < -0.3 is 15.4 Å². The van der Waals surface area contributed by atoms with Crippen molar-refractivity contribution in [2.75, 3.05) is 0 Å². The van der Waals surface area contributed by atoms with Crippen LogP contribution in [0.3, 0.4) is 0 Å². The lowest BCUT2D eigenvalue weighted by Crippen LogP contribution is -2.54. The Morgan fingerprint density at radius 1 is 1.09 bits per heavy atom. The van der Waals surface area contributed by atoms with Crippen molar-refractivity contribution in [2.45, 2.75) is 64.8 Å². The number of aromatic amines is 1. The van der Waals surface area contributed by atoms with Crippen LogP contribution < -0.4 is 5.32 Å². The van der Waals surface area contributed by atoms with E-state index in [2.05, 4.69) is 10.3 Å². The predicted octanol–water partition coefficient (Wildman–Crippen LogP) is 2.74. The van der Waals surface area contributed by atoms with Gasteiger partial charge >= 0.3 is 5.97 Å². The van der Waals surface area contributed by atoms with E-state index in [1.807, 2.05) is 0 Å². The Kier molecular flexibility index (Phi) is 4.92. The van der Waals surface area contributed by atoms with Crippen LogP contribution in [0.25, 0.3) is 0 Å². The van der Waals surface area contributed by atoms with Crippen LogP contribution in [0, 0.1) is 13.8 Å². The molecule has 0 saturated heterocycles. The second kappa shape index (κ2) is 6.56. The quantitative estimate of drug-likeness (QED) is 0.586. The van der Waals surface area contributed by atoms with E-state index in [4.69, 9.17) is 0 Å². The third-order valence-corrected chi connectivity index (χ3v) is 4.74. The first-order valence-corrected chi connectivity index (χ1v) is 8.04. The van der Waals surface area contributed by atoms with Gasteiger partial charge in [-0.1, -0.05) is 25.7 Å². The van der Waals surface area contributed by atoms with Gasteiger partial charge in [-0.3, -0.25) is 9.59 Å². The number of carbonyl (C=O) groups is 3. The first-order valence-electron chi connectivity index (χ1n) is 8.04. The molecule has 0 radical (unpaired) electrons. The van der Waals surface area contributed by atoms with Gasteiger partial charge in [0.15, 0.2) is 5.78 Å². The molecular formula is C17H24N2O4. The lowest BCUT2D eigenvalue weighted by atomic mass is 9.90. The molecule has 3 N–H and O–H groups in total. The molecule has 1 aromatic rings. The molecule has 126 valence electrons. The zero-order chi connectivity index (χ0) is 17.2. The Hall–Kier alpha value is -2.11. The smallest absolute Gasteiger partial charge is 0.329 e. The Morgan fingerprint density at radius 2 is 1.65 bits per heavy atom. The summed E-state index contributed by atoms with van der Waals surface area (Å²) >= 11 is 0. The maximum absolute atomic E-state index is 12.6. The van der Waals surface area contributed by atoms with Gasteiger partial charge in [-0.15, -0.1) is 0 Å². The SMILES string of the molecule is CC(=O)c1c(C)[nH]c(C(=O)NC2(C(=O)O)CCCCCC2)c1C. The molecule has 6 nitrogen and oxygen atoms in total. The average molecular weight is 320 g/mol. The third-order valence-electron chi connectivity index (χ3n) is 4.74. The molecule has 1 aromatic heterocycles. The maximum atomic E-state index is 12.6. The van der Waals surface area contributed by atoms with Crippen LogP contribution in [0.15, 0.2) is 0 Å². The number of ketones is 1. The van der Waals surface area contributed by atoms with Crippen molar-refractivity contribution < 1.29 is 19.5 Å². The van der Waals surface area contributed by atoms with Crippen molar-refractivity contribution in [1.82, 2.24) is 10.3 Å². The molecule has 1 amide bonds. The van der Waals surface area contributed by atoms with Crippen molar-refractivity contribution in [1.29, 1.82) is 0 Å². The largest absolute Gasteiger partial charge is 0.480 e. The van der Waals surface area contributed by atoms with Gasteiger partial charge in [0.1, 0.15) is 11.2 Å². The summed E-state index contributed by atoms with van der Waals surface area (Å²) in [5.74, 6) is -1.56. The first-order chi connectivity index (χ1) is 10.8. The summed E-state index contributed by atoms with van der Waals surface area (Å²) in [6.45, 7) is 4.89. The van der Waals surface area contributed by atoms with Gasteiger partial charge in [-0.05, 0) is 39.2 Å². The molecule has 0 aromatic carbocycles. The highest BCUT2D eigenvalue weighted by atomic mass is 16.4. The fraction of sp³-hybridized carbons (Fsp3) is 0.588. The van der Waals surface area contributed by atoms with E-state index in [9.17, 15) is 19.5 Å². The van der Waals surface area contributed by atoms with E-state index >= 15 is 0 Å². The number of hydrogen-bond acceptors (Lipinski definition) is 3. The minimum atomic E-state index is -1.21. The number of rotatable bonds is 4. The average Bonchev–Trinajstić information content (AvgIpc) is 2.63. The number of amides is 1. The molecule has 6 heteroatoms. The van der Waals surface area contributed by atoms with Crippen LogP contribution in [-0.2, 0) is 4.79 Å². The van der Waals surface area contributed by atoms with Crippen LogP contribution in [-0.4, -0.2) is 33.3 Å². The summed E-state index contributed by atoms with van der Waals surface area (Å²) in [7, 11) is 0. The van der Waals surface area contributed by atoms with Crippen LogP contribution in [0.4, 0.5) is 0 Å². The fourth-order valence-corrected chi connectivity index (χ4v) is 3.51. The standard InChI is InChI=1S/C17H24N2O4/c1-10-13(12(3)20)11(2)18-14(10)15(21)19-17(16(22)23)8-6-4-5-7-9-17/h18H,4-9H2,1-3H3,(H,19,21)(H,22,23). The number of H-pyrrole nitrogens is 1. The fourth-order valence-electron chi connectivity index (χ4n) is 3.51. The van der Waals surface area contributed by atoms with Gasteiger partial charge in [0.05, 0.1) is 0 Å². The van der Waals surface area contributed by atoms with Crippen molar-refractivity contribution in [2.24, 2.45) is 0 Å². The number of carboxylic acids is 1. The molecule has 1 aliphatic carbocycles. The minimum absolute atomic E-state index is 0.113. The van der Waals surface area contributed by atoms with Gasteiger partial charge in [0, 0.05) is 11.3 Å². The van der Waals surface area contributed by atoms with E-state index in [-0.39, 0.29) is 11.5 Å². The van der Waals surface area contributed by atoms with Crippen LogP contribution in [0.2, 0.25) is 0 Å². The van der Waals surface area contributed by atoms with Crippen molar-refractivity contribution >= 4 is 17.7 Å². The lowest BCUT2D eigenvalue weighted by molar-refractivity contribution is -0.145. The number of aromatic nitrogens is 1. The molecule has 1 saturated carbocycles. The minimum Gasteiger partial charge on any atom is -0.480 e. The van der Waals surface area contributed by atoms with E-state index < -0.39 is 17.4 Å². The number of Topliss-reactive ketones (excluding diaryl/α,β-unsaturated/α-hetero) is 1. The van der Waals surface area contributed by atoms with Gasteiger partial charge in [-0.25, -0.2) is 4.79 Å². The Labute approximate surface area is 135 Å². The number of hydrogen-bond donors (Lipinski definition) is 3. The summed E-state index contributed by atoms with van der Waals surface area (Å²) in [4.78, 5) is 39.0. The van der Waals surface area contributed by atoms with Crippen LogP contribution >= 0.6 is 0 Å². The number of nitrogens with one attached hydrogen (secondary N) is 2. The highest BCUT2D eigenvalue weighted by Gasteiger charge is 2.40. The number of carbonyl (C=O) groups excluding carboxylic acids is 2. The van der Waals surface area contributed by atoms with Crippen LogP contribution in [0.5, 0.6) is 0 Å². The van der Waals surface area contributed by atoms with Crippen LogP contribution in [0.1, 0.15) is 77.6 Å². The molecule has 0 unspecified atom stereocenters. The van der Waals surface area contributed by atoms with E-state index in [0.29, 0.717) is 29.7 Å². The molecule has 0 spiro atoms. The molecule has 1 fully saturated rings. The predicted molar refractivity (Wildman–Crippen MR) is 85.8 cm³/mol. The van der Waals surface area contributed by atoms with E-state index in [1.165, 1.54) is 6.92 Å². The maximum Gasteiger partial charge on any atom is 0.329 e. The lowest BCUT2D eigenvalue weighted by Gasteiger charge is -2.29. The zero-order valence-electron chi connectivity index (χ0n) is 13.9. The summed E-state index contributed by atoms with van der Waals surface area (Å²) in [6.07, 6.45) is 4.42. The third kappa shape index (κ3) is 3.30. The van der Waals surface area contributed by atoms with E-state index in [0.717, 1.165) is 25.7 Å². The van der Waals surface area contributed by atoms with Gasteiger partial charge in [0.2, 0.25) is 0 Å². The number of aliphatic carboxylic acids is 1.